The average Bonchev–Trinajstić information content (AvgIpc) is 3.22. The minimum Gasteiger partial charge on any atom is -0.464 e. The molecule has 0 saturated heterocycles. The van der Waals surface area contributed by atoms with Gasteiger partial charge in [-0.3, -0.25) is 23.7 Å². The Balaban J connectivity index is 5.13. The number of carbonyl (C=O) groups excluding carboxylic acids is 4. The molecule has 2 amide bonds. The number of carbonyl (C=O) groups is 4. The van der Waals surface area contributed by atoms with Crippen molar-refractivity contribution in [2.45, 2.75) is 250 Å². The second-order valence-electron chi connectivity index (χ2n) is 17.2. The van der Waals surface area contributed by atoms with Gasteiger partial charge in [0.2, 0.25) is 11.8 Å². The third-order valence-electron chi connectivity index (χ3n) is 11.1. The van der Waals surface area contributed by atoms with Crippen LogP contribution in [-0.4, -0.2) is 79.3 Å². The molecule has 13 heteroatoms. The predicted molar refractivity (Wildman–Crippen MR) is 254 cm³/mol. The smallest absolute Gasteiger partial charge is 0.305 e. The zero-order chi connectivity index (χ0) is 45.1. The minimum absolute atomic E-state index is 0.0176. The number of rotatable bonds is 46. The lowest BCUT2D eigenvalue weighted by Gasteiger charge is -2.22. The van der Waals surface area contributed by atoms with E-state index >= 15 is 0 Å². The lowest BCUT2D eigenvalue weighted by molar-refractivity contribution is -0.146. The van der Waals surface area contributed by atoms with Crippen molar-refractivity contribution in [3.05, 3.63) is 0 Å². The molecule has 0 unspecified atom stereocenters. The summed E-state index contributed by atoms with van der Waals surface area (Å²) in [7, 11) is -4.29. The first-order chi connectivity index (χ1) is 29.5. The lowest BCUT2D eigenvalue weighted by Crippen LogP contribution is -2.49. The monoisotopic (exact) mass is 905 g/mol. The molecule has 11 nitrogen and oxygen atoms in total. The van der Waals surface area contributed by atoms with Gasteiger partial charge >= 0.3 is 11.9 Å². The highest BCUT2D eigenvalue weighted by Crippen LogP contribution is 2.18. The normalized spacial score (nSPS) is 12.1. The quantitative estimate of drug-likeness (QED) is 0.0304. The molecular formula is C48H92N2O9S2. The van der Waals surface area contributed by atoms with E-state index in [2.05, 4.69) is 31.4 Å². The first-order valence-electron chi connectivity index (χ1n) is 25.0. The molecule has 0 rings (SSSR count). The molecule has 0 heterocycles. The molecule has 0 radical (unpaired) electrons. The molecular weight excluding hydrogens is 813 g/mol. The van der Waals surface area contributed by atoms with Crippen molar-refractivity contribution in [2.75, 3.05) is 31.3 Å². The van der Waals surface area contributed by atoms with Crippen molar-refractivity contribution in [2.24, 2.45) is 0 Å². The molecule has 3 N–H and O–H groups in total. The third-order valence-corrected chi connectivity index (χ3v) is 13.1. The highest BCUT2D eigenvalue weighted by Gasteiger charge is 2.25. The van der Waals surface area contributed by atoms with Crippen LogP contribution in [0, 0.1) is 0 Å². The SMILES string of the molecule is CCCCCCCCCCCCCCCC(=O)N[C@@H](CSC(COC(=O)CCCCCCCCCCC)COC(=O)CCCCCCCCCCC)C(=O)NCCS(=O)(=O)O. The average molecular weight is 905 g/mol. The van der Waals surface area contributed by atoms with E-state index in [9.17, 15) is 27.6 Å². The standard InChI is InChI=1S/C48H92N2O9S2/c1-4-7-10-13-16-19-20-21-22-25-26-29-32-35-45(51)50-44(48(54)49-38-39-61(55,56)57)42-60-43(40-58-46(52)36-33-30-27-23-17-14-11-8-5-2)41-59-47(53)37-34-31-28-24-18-15-12-9-6-3/h43-44H,4-42H2,1-3H3,(H,49,54)(H,50,51)(H,55,56,57)/t44-/m0/s1. The van der Waals surface area contributed by atoms with Crippen molar-refractivity contribution in [3.63, 3.8) is 0 Å². The largest absolute Gasteiger partial charge is 0.464 e. The summed E-state index contributed by atoms with van der Waals surface area (Å²) in [5, 5.41) is 4.84. The molecule has 0 aromatic heterocycles. The van der Waals surface area contributed by atoms with Crippen LogP contribution in [0.3, 0.4) is 0 Å². The zero-order valence-electron chi connectivity index (χ0n) is 39.3. The van der Waals surface area contributed by atoms with Crippen LogP contribution in [0.2, 0.25) is 0 Å². The summed E-state index contributed by atoms with van der Waals surface area (Å²) < 4.78 is 43.0. The number of amides is 2. The van der Waals surface area contributed by atoms with Gasteiger partial charge in [-0.25, -0.2) is 0 Å². The second kappa shape index (κ2) is 43.4. The molecule has 0 aliphatic heterocycles. The van der Waals surface area contributed by atoms with Gasteiger partial charge in [-0.1, -0.05) is 201 Å². The van der Waals surface area contributed by atoms with Gasteiger partial charge in [0.15, 0.2) is 0 Å². The highest BCUT2D eigenvalue weighted by molar-refractivity contribution is 8.00. The van der Waals surface area contributed by atoms with Gasteiger partial charge in [0, 0.05) is 31.6 Å². The van der Waals surface area contributed by atoms with Crippen LogP contribution >= 0.6 is 11.8 Å². The van der Waals surface area contributed by atoms with Crippen LogP contribution in [0.5, 0.6) is 0 Å². The molecule has 1 atom stereocenters. The first kappa shape index (κ1) is 59.1. The van der Waals surface area contributed by atoms with E-state index in [1.54, 1.807) is 0 Å². The van der Waals surface area contributed by atoms with Crippen LogP contribution in [0.1, 0.15) is 239 Å². The predicted octanol–water partition coefficient (Wildman–Crippen LogP) is 12.0. The fourth-order valence-corrected chi connectivity index (χ4v) is 8.62. The van der Waals surface area contributed by atoms with Crippen molar-refractivity contribution < 1.29 is 41.6 Å². The fraction of sp³-hybridized carbons (Fsp3) is 0.917. The van der Waals surface area contributed by atoms with Crippen LogP contribution < -0.4 is 10.6 Å². The zero-order valence-corrected chi connectivity index (χ0v) is 40.9. The Kier molecular flexibility index (Phi) is 42.1. The summed E-state index contributed by atoms with van der Waals surface area (Å²) >= 11 is 1.26. The number of unbranched alkanes of at least 4 members (excludes halogenated alkanes) is 28. The Morgan fingerprint density at radius 3 is 1.18 bits per heavy atom. The number of nitrogens with one attached hydrogen (secondary N) is 2. The Labute approximate surface area is 378 Å². The Morgan fingerprint density at radius 2 is 0.836 bits per heavy atom. The summed E-state index contributed by atoms with van der Waals surface area (Å²) in [5.41, 5.74) is 0. The third kappa shape index (κ3) is 43.2. The van der Waals surface area contributed by atoms with E-state index in [4.69, 9.17) is 14.0 Å². The maximum Gasteiger partial charge on any atom is 0.305 e. The number of esters is 2. The summed E-state index contributed by atoms with van der Waals surface area (Å²) in [6.07, 6.45) is 36.8. The van der Waals surface area contributed by atoms with Crippen LogP contribution in [0.4, 0.5) is 0 Å². The minimum atomic E-state index is -4.29. The molecule has 0 bridgehead atoms. The number of hydrogen-bond acceptors (Lipinski definition) is 9. The Bertz CT molecular complexity index is 1130. The van der Waals surface area contributed by atoms with Gasteiger partial charge in [-0.15, -0.1) is 11.8 Å². The molecule has 0 fully saturated rings. The van der Waals surface area contributed by atoms with E-state index in [0.717, 1.165) is 57.8 Å². The van der Waals surface area contributed by atoms with E-state index in [-0.39, 0.29) is 49.8 Å². The lowest BCUT2D eigenvalue weighted by atomic mass is 10.0. The van der Waals surface area contributed by atoms with E-state index in [1.807, 2.05) is 0 Å². The number of ether oxygens (including phenoxy) is 2. The van der Waals surface area contributed by atoms with Gasteiger partial charge < -0.3 is 20.1 Å². The van der Waals surface area contributed by atoms with Crippen LogP contribution in [0.15, 0.2) is 0 Å². The topological polar surface area (TPSA) is 165 Å². The van der Waals surface area contributed by atoms with Crippen molar-refractivity contribution >= 4 is 45.6 Å². The van der Waals surface area contributed by atoms with Crippen molar-refractivity contribution in [1.82, 2.24) is 10.6 Å². The van der Waals surface area contributed by atoms with Gasteiger partial charge in [0.25, 0.3) is 10.1 Å². The molecule has 360 valence electrons. The van der Waals surface area contributed by atoms with Crippen molar-refractivity contribution in [1.29, 1.82) is 0 Å². The van der Waals surface area contributed by atoms with Crippen molar-refractivity contribution in [3.8, 4) is 0 Å². The molecule has 61 heavy (non-hydrogen) atoms. The van der Waals surface area contributed by atoms with Crippen LogP contribution in [0.25, 0.3) is 0 Å². The van der Waals surface area contributed by atoms with E-state index in [0.29, 0.717) is 19.3 Å². The van der Waals surface area contributed by atoms with Gasteiger partial charge in [-0.2, -0.15) is 8.42 Å². The van der Waals surface area contributed by atoms with Gasteiger partial charge in [0.05, 0.1) is 11.0 Å². The second-order valence-corrected chi connectivity index (χ2v) is 20.1. The molecule has 0 aliphatic rings. The summed E-state index contributed by atoms with van der Waals surface area (Å²) in [6, 6.07) is -1.02. The number of thioether (sulfide) groups is 1. The summed E-state index contributed by atoms with van der Waals surface area (Å²) in [5.74, 6) is -2.08. The molecule has 0 saturated carbocycles. The maximum atomic E-state index is 13.2. The Morgan fingerprint density at radius 1 is 0.508 bits per heavy atom. The molecule has 0 aromatic carbocycles. The maximum absolute atomic E-state index is 13.2. The fourth-order valence-electron chi connectivity index (χ4n) is 7.23. The van der Waals surface area contributed by atoms with E-state index in [1.165, 1.54) is 147 Å². The molecule has 0 spiro atoms. The highest BCUT2D eigenvalue weighted by atomic mass is 32.2. The first-order valence-corrected chi connectivity index (χ1v) is 27.6. The molecule has 0 aliphatic carbocycles. The van der Waals surface area contributed by atoms with Gasteiger partial charge in [0.1, 0.15) is 19.3 Å². The van der Waals surface area contributed by atoms with Crippen LogP contribution in [-0.2, 0) is 38.8 Å². The van der Waals surface area contributed by atoms with E-state index < -0.39 is 33.1 Å². The summed E-state index contributed by atoms with van der Waals surface area (Å²) in [6.45, 7) is 6.31. The Hall–Kier alpha value is -1.86. The van der Waals surface area contributed by atoms with Gasteiger partial charge in [-0.05, 0) is 19.3 Å². The summed E-state index contributed by atoms with van der Waals surface area (Å²) in [4.78, 5) is 51.7. The molecule has 0 aromatic rings. The number of hydrogen-bond donors (Lipinski definition) is 3.